The molecule has 1 fully saturated rings. The number of nitrogens with zero attached hydrogens (tertiary/aromatic N) is 6. The average Bonchev–Trinajstić information content (AvgIpc) is 2.89. The van der Waals surface area contributed by atoms with E-state index in [9.17, 15) is 4.79 Å². The van der Waals surface area contributed by atoms with Gasteiger partial charge in [-0.15, -0.1) is 0 Å². The highest BCUT2D eigenvalue weighted by molar-refractivity contribution is 5.95. The molecule has 4 aromatic rings. The summed E-state index contributed by atoms with van der Waals surface area (Å²) in [5, 5.41) is 0. The van der Waals surface area contributed by atoms with Crippen molar-refractivity contribution in [2.24, 2.45) is 0 Å². The van der Waals surface area contributed by atoms with E-state index < -0.39 is 0 Å². The number of aromatic nitrogens is 5. The summed E-state index contributed by atoms with van der Waals surface area (Å²) >= 11 is 0. The minimum absolute atomic E-state index is 0.0453. The molecule has 1 aliphatic heterocycles. The van der Waals surface area contributed by atoms with Crippen molar-refractivity contribution in [3.8, 4) is 22.8 Å². The molecule has 1 amide bonds. The van der Waals surface area contributed by atoms with Crippen LogP contribution in [0.4, 0.5) is 0 Å². The van der Waals surface area contributed by atoms with E-state index in [1.165, 1.54) is 6.33 Å². The largest absolute Gasteiger partial charge is 0.437 e. The molecular weight excluding hydrogens is 428 g/mol. The summed E-state index contributed by atoms with van der Waals surface area (Å²) in [6, 6.07) is 9.65. The third kappa shape index (κ3) is 4.91. The number of benzene rings is 1. The van der Waals surface area contributed by atoms with Crippen molar-refractivity contribution in [1.82, 2.24) is 29.8 Å². The van der Waals surface area contributed by atoms with Crippen molar-refractivity contribution in [1.29, 1.82) is 0 Å². The van der Waals surface area contributed by atoms with Crippen molar-refractivity contribution in [2.75, 3.05) is 13.1 Å². The zero-order chi connectivity index (χ0) is 23.3. The second-order valence-corrected chi connectivity index (χ2v) is 8.38. The number of amides is 1. The van der Waals surface area contributed by atoms with E-state index in [1.54, 1.807) is 37.2 Å². The Bertz CT molecular complexity index is 1300. The number of ether oxygens (including phenoxy) is 1. The zero-order valence-electron chi connectivity index (χ0n) is 18.8. The van der Waals surface area contributed by atoms with Gasteiger partial charge in [0, 0.05) is 61.1 Å². The molecule has 4 heterocycles. The fourth-order valence-corrected chi connectivity index (χ4v) is 4.16. The van der Waals surface area contributed by atoms with E-state index in [2.05, 4.69) is 19.9 Å². The molecule has 1 aromatic carbocycles. The van der Waals surface area contributed by atoms with E-state index in [1.807, 2.05) is 42.2 Å². The van der Waals surface area contributed by atoms with Gasteiger partial charge in [-0.3, -0.25) is 14.8 Å². The number of piperidine rings is 1. The standard InChI is InChI=1S/C26H24N6O2/c1-18-4-2-6-23(8-18)34-25-15-28-14-24(31-25)19-5-3-7-32(16-19)26(33)21-9-20(10-27-11-21)22-12-29-17-30-13-22/h2,4,6,8-15,17,19H,3,5,7,16H2,1H3/t19-/m1/s1. The normalized spacial score (nSPS) is 15.7. The van der Waals surface area contributed by atoms with E-state index in [-0.39, 0.29) is 11.8 Å². The maximum atomic E-state index is 13.3. The van der Waals surface area contributed by atoms with Gasteiger partial charge in [-0.05, 0) is 43.5 Å². The number of aryl methyl sites for hydroxylation is 1. The Balaban J connectivity index is 1.31. The molecule has 8 nitrogen and oxygen atoms in total. The van der Waals surface area contributed by atoms with Crippen LogP contribution in [0.5, 0.6) is 11.6 Å². The fourth-order valence-electron chi connectivity index (χ4n) is 4.16. The maximum Gasteiger partial charge on any atom is 0.255 e. The van der Waals surface area contributed by atoms with Crippen molar-refractivity contribution in [2.45, 2.75) is 25.7 Å². The fraction of sp³-hybridized carbons (Fsp3) is 0.231. The Morgan fingerprint density at radius 1 is 0.971 bits per heavy atom. The highest BCUT2D eigenvalue weighted by Crippen LogP contribution is 2.29. The number of hydrogen-bond acceptors (Lipinski definition) is 7. The molecule has 8 heteroatoms. The summed E-state index contributed by atoms with van der Waals surface area (Å²) in [6.07, 6.45) is 13.4. The van der Waals surface area contributed by atoms with Crippen LogP contribution >= 0.6 is 0 Å². The van der Waals surface area contributed by atoms with Crippen LogP contribution in [0.1, 0.15) is 40.4 Å². The number of pyridine rings is 1. The molecule has 34 heavy (non-hydrogen) atoms. The lowest BCUT2D eigenvalue weighted by Gasteiger charge is -2.32. The van der Waals surface area contributed by atoms with Gasteiger partial charge in [-0.1, -0.05) is 12.1 Å². The molecule has 0 spiro atoms. The molecule has 0 saturated carbocycles. The number of carbonyl (C=O) groups excluding carboxylic acids is 1. The number of carbonyl (C=O) groups is 1. The first-order valence-corrected chi connectivity index (χ1v) is 11.2. The third-order valence-corrected chi connectivity index (χ3v) is 5.85. The van der Waals surface area contributed by atoms with Crippen LogP contribution in [0.15, 0.2) is 73.8 Å². The smallest absolute Gasteiger partial charge is 0.255 e. The monoisotopic (exact) mass is 452 g/mol. The number of hydrogen-bond donors (Lipinski definition) is 0. The van der Waals surface area contributed by atoms with Crippen LogP contribution in [0, 0.1) is 6.92 Å². The Morgan fingerprint density at radius 2 is 1.79 bits per heavy atom. The van der Waals surface area contributed by atoms with Crippen molar-refractivity contribution < 1.29 is 9.53 Å². The Morgan fingerprint density at radius 3 is 2.65 bits per heavy atom. The first-order chi connectivity index (χ1) is 16.7. The van der Waals surface area contributed by atoms with E-state index in [0.29, 0.717) is 24.5 Å². The second-order valence-electron chi connectivity index (χ2n) is 8.38. The molecule has 1 saturated heterocycles. The molecule has 0 bridgehead atoms. The minimum Gasteiger partial charge on any atom is -0.437 e. The van der Waals surface area contributed by atoms with Gasteiger partial charge in [0.2, 0.25) is 5.88 Å². The molecule has 3 aromatic heterocycles. The minimum atomic E-state index is -0.0453. The summed E-state index contributed by atoms with van der Waals surface area (Å²) < 4.78 is 5.92. The van der Waals surface area contributed by atoms with Crippen LogP contribution in [-0.2, 0) is 0 Å². The molecule has 5 rings (SSSR count). The molecule has 0 radical (unpaired) electrons. The zero-order valence-corrected chi connectivity index (χ0v) is 18.8. The average molecular weight is 453 g/mol. The summed E-state index contributed by atoms with van der Waals surface area (Å²) in [5.74, 6) is 1.22. The van der Waals surface area contributed by atoms with Crippen molar-refractivity contribution in [3.63, 3.8) is 0 Å². The van der Waals surface area contributed by atoms with E-state index in [0.717, 1.165) is 41.0 Å². The molecule has 1 aliphatic rings. The Hall–Kier alpha value is -4.20. The van der Waals surface area contributed by atoms with Gasteiger partial charge in [0.25, 0.3) is 5.91 Å². The maximum absolute atomic E-state index is 13.3. The summed E-state index contributed by atoms with van der Waals surface area (Å²) in [6.45, 7) is 3.28. The summed E-state index contributed by atoms with van der Waals surface area (Å²) in [5.41, 5.74) is 4.12. The number of likely N-dealkylation sites (tertiary alicyclic amines) is 1. The van der Waals surface area contributed by atoms with E-state index >= 15 is 0 Å². The topological polar surface area (TPSA) is 94.0 Å². The molecule has 0 unspecified atom stereocenters. The Kier molecular flexibility index (Phi) is 6.20. The predicted octanol–water partition coefficient (Wildman–Crippen LogP) is 4.45. The van der Waals surface area contributed by atoms with Crippen LogP contribution < -0.4 is 4.74 Å². The van der Waals surface area contributed by atoms with Crippen LogP contribution in [-0.4, -0.2) is 48.8 Å². The van der Waals surface area contributed by atoms with Gasteiger partial charge in [0.15, 0.2) is 0 Å². The SMILES string of the molecule is Cc1cccc(Oc2cncc([C@@H]3CCCN(C(=O)c4cncc(-c5cncnc5)c4)C3)n2)c1. The third-order valence-electron chi connectivity index (χ3n) is 5.85. The first-order valence-electron chi connectivity index (χ1n) is 11.2. The molecule has 170 valence electrons. The van der Waals surface area contributed by atoms with Crippen molar-refractivity contribution >= 4 is 5.91 Å². The molecular formula is C26H24N6O2. The lowest BCUT2D eigenvalue weighted by Crippen LogP contribution is -2.39. The predicted molar refractivity (Wildman–Crippen MR) is 126 cm³/mol. The van der Waals surface area contributed by atoms with Crippen LogP contribution in [0.3, 0.4) is 0 Å². The van der Waals surface area contributed by atoms with Gasteiger partial charge < -0.3 is 9.64 Å². The highest BCUT2D eigenvalue weighted by atomic mass is 16.5. The van der Waals surface area contributed by atoms with Gasteiger partial charge in [-0.2, -0.15) is 0 Å². The summed E-state index contributed by atoms with van der Waals surface area (Å²) in [7, 11) is 0. The van der Waals surface area contributed by atoms with Gasteiger partial charge in [-0.25, -0.2) is 15.0 Å². The van der Waals surface area contributed by atoms with E-state index in [4.69, 9.17) is 9.72 Å². The van der Waals surface area contributed by atoms with Gasteiger partial charge in [0.1, 0.15) is 12.1 Å². The molecule has 0 aliphatic carbocycles. The second kappa shape index (κ2) is 9.74. The van der Waals surface area contributed by atoms with Gasteiger partial charge >= 0.3 is 0 Å². The Labute approximate surface area is 197 Å². The lowest BCUT2D eigenvalue weighted by atomic mass is 9.94. The van der Waals surface area contributed by atoms with Crippen LogP contribution in [0.2, 0.25) is 0 Å². The highest BCUT2D eigenvalue weighted by Gasteiger charge is 2.27. The quantitative estimate of drug-likeness (QED) is 0.442. The summed E-state index contributed by atoms with van der Waals surface area (Å²) in [4.78, 5) is 36.6. The van der Waals surface area contributed by atoms with Crippen LogP contribution in [0.25, 0.3) is 11.1 Å². The first kappa shape index (κ1) is 21.6. The molecule has 1 atom stereocenters. The lowest BCUT2D eigenvalue weighted by molar-refractivity contribution is 0.0705. The molecule has 0 N–H and O–H groups in total. The number of rotatable bonds is 5. The van der Waals surface area contributed by atoms with Crippen molar-refractivity contribution in [3.05, 3.63) is 90.7 Å². The van der Waals surface area contributed by atoms with Gasteiger partial charge in [0.05, 0.1) is 17.5 Å².